The summed E-state index contributed by atoms with van der Waals surface area (Å²) in [6.07, 6.45) is 8.33. The monoisotopic (exact) mass is 443 g/mol. The van der Waals surface area contributed by atoms with E-state index in [1.807, 2.05) is 0 Å². The first-order chi connectivity index (χ1) is 15.6. The molecule has 2 aliphatic heterocycles. The van der Waals surface area contributed by atoms with Crippen LogP contribution in [-0.4, -0.2) is 80.7 Å². The lowest BCUT2D eigenvalue weighted by atomic mass is 10.0. The highest BCUT2D eigenvalue weighted by molar-refractivity contribution is 5.84. The number of nitrogens with zero attached hydrogens (tertiary/aromatic N) is 3. The van der Waals surface area contributed by atoms with E-state index < -0.39 is 0 Å². The first kappa shape index (κ1) is 24.5. The number of hydrogen-bond donors (Lipinski definition) is 2. The number of ether oxygens (including phenoxy) is 1. The largest absolute Gasteiger partial charge is 0.378 e. The van der Waals surface area contributed by atoms with Crippen LogP contribution in [0.4, 0.5) is 0 Å². The molecule has 7 heteroatoms. The van der Waals surface area contributed by atoms with Gasteiger partial charge in [0.25, 0.3) is 0 Å². The molecule has 1 unspecified atom stereocenters. The molecule has 0 spiro atoms. The molecule has 32 heavy (non-hydrogen) atoms. The number of rotatable bonds is 9. The summed E-state index contributed by atoms with van der Waals surface area (Å²) in [7, 11) is 3.54. The molecular weight excluding hydrogens is 402 g/mol. The maximum atomic E-state index is 12.0. The van der Waals surface area contributed by atoms with E-state index in [4.69, 9.17) is 4.74 Å². The van der Waals surface area contributed by atoms with Gasteiger partial charge in [0.2, 0.25) is 5.91 Å². The normalized spacial score (nSPS) is 20.7. The van der Waals surface area contributed by atoms with E-state index in [0.29, 0.717) is 12.1 Å². The fourth-order valence-electron chi connectivity index (χ4n) is 4.28. The van der Waals surface area contributed by atoms with Gasteiger partial charge in [0.15, 0.2) is 5.96 Å². The number of guanidine groups is 1. The van der Waals surface area contributed by atoms with Gasteiger partial charge >= 0.3 is 0 Å². The third-order valence-corrected chi connectivity index (χ3v) is 6.32. The van der Waals surface area contributed by atoms with E-state index in [9.17, 15) is 4.79 Å². The topological polar surface area (TPSA) is 69.2 Å². The first-order valence-electron chi connectivity index (χ1n) is 12.2. The second-order valence-corrected chi connectivity index (χ2v) is 9.19. The fourth-order valence-corrected chi connectivity index (χ4v) is 4.28. The zero-order valence-corrected chi connectivity index (χ0v) is 19.9. The van der Waals surface area contributed by atoms with Gasteiger partial charge < -0.3 is 20.3 Å². The second-order valence-electron chi connectivity index (χ2n) is 9.19. The van der Waals surface area contributed by atoms with Gasteiger partial charge in [-0.05, 0) is 50.5 Å². The molecular formula is C25H41N5O2. The second kappa shape index (κ2) is 13.4. The van der Waals surface area contributed by atoms with E-state index in [-0.39, 0.29) is 12.5 Å². The highest BCUT2D eigenvalue weighted by Crippen LogP contribution is 2.17. The number of carbonyl (C=O) groups excluding carboxylic acids is 1. The van der Waals surface area contributed by atoms with Crippen molar-refractivity contribution in [1.29, 1.82) is 0 Å². The summed E-state index contributed by atoms with van der Waals surface area (Å²) < 4.78 is 5.84. The van der Waals surface area contributed by atoms with Gasteiger partial charge in [-0.1, -0.05) is 30.3 Å². The molecule has 0 aromatic heterocycles. The molecule has 1 atom stereocenters. The summed E-state index contributed by atoms with van der Waals surface area (Å²) in [6.45, 7) is 5.05. The molecule has 0 saturated carbocycles. The Morgan fingerprint density at radius 3 is 2.62 bits per heavy atom. The van der Waals surface area contributed by atoms with Crippen LogP contribution in [0.25, 0.3) is 0 Å². The molecule has 2 saturated heterocycles. The summed E-state index contributed by atoms with van der Waals surface area (Å²) in [5.74, 6) is 0.769. The average molecular weight is 444 g/mol. The van der Waals surface area contributed by atoms with Gasteiger partial charge in [-0.2, -0.15) is 0 Å². The molecule has 1 aromatic carbocycles. The maximum Gasteiger partial charge on any atom is 0.243 e. The molecule has 1 aromatic rings. The van der Waals surface area contributed by atoms with E-state index in [2.05, 4.69) is 50.9 Å². The third kappa shape index (κ3) is 8.79. The Hall–Kier alpha value is -2.12. The quantitative estimate of drug-likeness (QED) is 0.349. The standard InChI is InChI=1S/C25H41N5O2/c1-29(2)24(31)19-27-25(26-15-8-12-23-11-6-7-18-32-23)28-22-13-16-30(17-14-22)20-21-9-4-3-5-10-21/h3-5,9-10,22-23H,6-8,11-20H2,1-2H3,(H2,26,27,28). The van der Waals surface area contributed by atoms with Crippen LogP contribution in [0.1, 0.15) is 50.5 Å². The SMILES string of the molecule is CN(C)C(=O)CN=C(NCCCC1CCCCO1)NC1CCN(Cc2ccccc2)CC1. The van der Waals surface area contributed by atoms with E-state index >= 15 is 0 Å². The Morgan fingerprint density at radius 2 is 1.94 bits per heavy atom. The van der Waals surface area contributed by atoms with Crippen molar-refractivity contribution < 1.29 is 9.53 Å². The summed E-state index contributed by atoms with van der Waals surface area (Å²) >= 11 is 0. The Morgan fingerprint density at radius 1 is 1.16 bits per heavy atom. The summed E-state index contributed by atoms with van der Waals surface area (Å²) in [4.78, 5) is 20.7. The molecule has 0 radical (unpaired) electrons. The molecule has 2 heterocycles. The molecule has 0 aliphatic carbocycles. The lowest BCUT2D eigenvalue weighted by Gasteiger charge is -2.33. The Bertz CT molecular complexity index is 696. The van der Waals surface area contributed by atoms with Crippen molar-refractivity contribution in [2.75, 3.05) is 46.9 Å². The number of benzene rings is 1. The fraction of sp³-hybridized carbons (Fsp3) is 0.680. The van der Waals surface area contributed by atoms with E-state index in [1.54, 1.807) is 19.0 Å². The minimum Gasteiger partial charge on any atom is -0.378 e. The number of aliphatic imine (C=N–C) groups is 1. The van der Waals surface area contributed by atoms with Crippen molar-refractivity contribution in [3.8, 4) is 0 Å². The van der Waals surface area contributed by atoms with Crippen LogP contribution < -0.4 is 10.6 Å². The molecule has 7 nitrogen and oxygen atoms in total. The summed E-state index contributed by atoms with van der Waals surface area (Å²) in [6, 6.07) is 11.0. The van der Waals surface area contributed by atoms with Crippen LogP contribution in [0.3, 0.4) is 0 Å². The van der Waals surface area contributed by atoms with Gasteiger partial charge in [0, 0.05) is 52.9 Å². The average Bonchev–Trinajstić information content (AvgIpc) is 2.82. The minimum absolute atomic E-state index is 0.0133. The van der Waals surface area contributed by atoms with Crippen LogP contribution >= 0.6 is 0 Å². The van der Waals surface area contributed by atoms with Gasteiger partial charge in [-0.3, -0.25) is 9.69 Å². The smallest absolute Gasteiger partial charge is 0.243 e. The highest BCUT2D eigenvalue weighted by atomic mass is 16.5. The lowest BCUT2D eigenvalue weighted by Crippen LogP contribution is -2.49. The Balaban J connectivity index is 1.43. The minimum atomic E-state index is 0.0133. The van der Waals surface area contributed by atoms with Crippen LogP contribution in [0.5, 0.6) is 0 Å². The molecule has 0 bridgehead atoms. The summed E-state index contributed by atoms with van der Waals surface area (Å²) in [5.41, 5.74) is 1.37. The van der Waals surface area contributed by atoms with Gasteiger partial charge in [0.05, 0.1) is 6.10 Å². The maximum absolute atomic E-state index is 12.0. The number of likely N-dealkylation sites (tertiary alicyclic amines) is 1. The molecule has 2 fully saturated rings. The number of piperidine rings is 1. The van der Waals surface area contributed by atoms with Crippen molar-refractivity contribution in [3.05, 3.63) is 35.9 Å². The number of hydrogen-bond acceptors (Lipinski definition) is 4. The van der Waals surface area contributed by atoms with Crippen LogP contribution in [0.2, 0.25) is 0 Å². The molecule has 178 valence electrons. The van der Waals surface area contributed by atoms with Crippen molar-refractivity contribution >= 4 is 11.9 Å². The number of likely N-dealkylation sites (N-methyl/N-ethyl adjacent to an activating group) is 1. The van der Waals surface area contributed by atoms with Crippen molar-refractivity contribution in [2.24, 2.45) is 4.99 Å². The van der Waals surface area contributed by atoms with Crippen molar-refractivity contribution in [2.45, 2.75) is 63.6 Å². The van der Waals surface area contributed by atoms with Gasteiger partial charge in [0.1, 0.15) is 6.54 Å². The lowest BCUT2D eigenvalue weighted by molar-refractivity contribution is -0.127. The van der Waals surface area contributed by atoms with Gasteiger partial charge in [-0.15, -0.1) is 0 Å². The number of carbonyl (C=O) groups is 1. The number of nitrogens with one attached hydrogen (secondary N) is 2. The van der Waals surface area contributed by atoms with Crippen LogP contribution in [-0.2, 0) is 16.1 Å². The number of amides is 1. The van der Waals surface area contributed by atoms with Crippen LogP contribution in [0, 0.1) is 0 Å². The van der Waals surface area contributed by atoms with Crippen LogP contribution in [0.15, 0.2) is 35.3 Å². The zero-order chi connectivity index (χ0) is 22.6. The van der Waals surface area contributed by atoms with E-state index in [1.165, 1.54) is 24.8 Å². The van der Waals surface area contributed by atoms with E-state index in [0.717, 1.165) is 64.4 Å². The molecule has 3 rings (SSSR count). The molecule has 1 amide bonds. The highest BCUT2D eigenvalue weighted by Gasteiger charge is 2.20. The third-order valence-electron chi connectivity index (χ3n) is 6.32. The predicted molar refractivity (Wildman–Crippen MR) is 130 cm³/mol. The van der Waals surface area contributed by atoms with Gasteiger partial charge in [-0.25, -0.2) is 4.99 Å². The predicted octanol–water partition coefficient (Wildman–Crippen LogP) is 2.62. The van der Waals surface area contributed by atoms with Crippen molar-refractivity contribution in [1.82, 2.24) is 20.4 Å². The Kier molecular flexibility index (Phi) is 10.3. The zero-order valence-electron chi connectivity index (χ0n) is 19.9. The molecule has 2 aliphatic rings. The Labute approximate surface area is 193 Å². The first-order valence-corrected chi connectivity index (χ1v) is 12.2. The molecule has 2 N–H and O–H groups in total. The van der Waals surface area contributed by atoms with Crippen molar-refractivity contribution in [3.63, 3.8) is 0 Å². The summed E-state index contributed by atoms with van der Waals surface area (Å²) in [5, 5.41) is 7.03.